The highest BCUT2D eigenvalue weighted by atomic mass is 16.4. The zero-order valence-corrected chi connectivity index (χ0v) is 15.7. The number of pyridine rings is 1. The summed E-state index contributed by atoms with van der Waals surface area (Å²) >= 11 is 0. The second kappa shape index (κ2) is 7.19. The molecule has 2 heterocycles. The van der Waals surface area contributed by atoms with E-state index in [9.17, 15) is 14.7 Å². The highest BCUT2D eigenvalue weighted by molar-refractivity contribution is 5.98. The van der Waals surface area contributed by atoms with Crippen LogP contribution in [0.5, 0.6) is 0 Å². The van der Waals surface area contributed by atoms with E-state index in [4.69, 9.17) is 0 Å². The highest BCUT2D eigenvalue weighted by Crippen LogP contribution is 2.20. The van der Waals surface area contributed by atoms with Gasteiger partial charge in [0.2, 0.25) is 0 Å². The molecule has 2 N–H and O–H groups in total. The van der Waals surface area contributed by atoms with E-state index < -0.39 is 17.9 Å². The van der Waals surface area contributed by atoms with E-state index in [1.807, 2.05) is 33.8 Å². The second-order valence-corrected chi connectivity index (χ2v) is 6.91. The molecule has 0 saturated carbocycles. The molecule has 0 saturated heterocycles. The van der Waals surface area contributed by atoms with Gasteiger partial charge in [0.1, 0.15) is 0 Å². The van der Waals surface area contributed by atoms with E-state index in [0.717, 1.165) is 16.5 Å². The number of rotatable bonds is 5. The summed E-state index contributed by atoms with van der Waals surface area (Å²) in [5, 5.41) is 17.2. The molecular weight excluding hydrogens is 344 g/mol. The summed E-state index contributed by atoms with van der Waals surface area (Å²) in [4.78, 5) is 28.7. The number of carbonyl (C=O) groups excluding carboxylic acids is 1. The summed E-state index contributed by atoms with van der Waals surface area (Å²) in [6.07, 6.45) is 3.09. The van der Waals surface area contributed by atoms with Crippen molar-refractivity contribution in [1.29, 1.82) is 0 Å². The average molecular weight is 366 g/mol. The van der Waals surface area contributed by atoms with E-state index >= 15 is 0 Å². The third kappa shape index (κ3) is 3.67. The molecule has 1 unspecified atom stereocenters. The Morgan fingerprint density at radius 1 is 1.11 bits per heavy atom. The molecule has 140 valence electrons. The molecule has 7 heteroatoms. The van der Waals surface area contributed by atoms with Crippen molar-refractivity contribution in [1.82, 2.24) is 20.1 Å². The van der Waals surface area contributed by atoms with Crippen LogP contribution in [0.3, 0.4) is 0 Å². The van der Waals surface area contributed by atoms with Gasteiger partial charge in [0, 0.05) is 17.6 Å². The molecule has 0 aliphatic rings. The van der Waals surface area contributed by atoms with Crippen LogP contribution in [0.1, 0.15) is 53.0 Å². The van der Waals surface area contributed by atoms with Gasteiger partial charge in [-0.2, -0.15) is 5.10 Å². The largest absolute Gasteiger partial charge is 0.479 e. The number of amides is 1. The zero-order valence-electron chi connectivity index (χ0n) is 15.7. The van der Waals surface area contributed by atoms with Crippen LogP contribution in [0.2, 0.25) is 0 Å². The molecule has 1 aromatic carbocycles. The molecule has 3 rings (SSSR count). The van der Waals surface area contributed by atoms with Gasteiger partial charge in [0.25, 0.3) is 5.91 Å². The lowest BCUT2D eigenvalue weighted by Gasteiger charge is -2.16. The van der Waals surface area contributed by atoms with E-state index in [2.05, 4.69) is 15.4 Å². The number of aliphatic carboxylic acids is 1. The minimum absolute atomic E-state index is 0.149. The van der Waals surface area contributed by atoms with Gasteiger partial charge in [0.15, 0.2) is 11.7 Å². The first-order valence-corrected chi connectivity index (χ1v) is 8.72. The molecule has 1 atom stereocenters. The Kier molecular flexibility index (Phi) is 4.94. The number of carboxylic acids is 1. The van der Waals surface area contributed by atoms with Crippen molar-refractivity contribution in [3.05, 3.63) is 58.9 Å². The summed E-state index contributed by atoms with van der Waals surface area (Å²) in [5.74, 6) is -1.61. The Morgan fingerprint density at radius 2 is 1.85 bits per heavy atom. The third-order valence-corrected chi connectivity index (χ3v) is 4.57. The number of aryl methyl sites for hydroxylation is 2. The number of hydrogen-bond donors (Lipinski definition) is 2. The lowest BCUT2D eigenvalue weighted by atomic mass is 10.0. The van der Waals surface area contributed by atoms with Crippen molar-refractivity contribution in [3.63, 3.8) is 0 Å². The fraction of sp³-hybridized carbons (Fsp3) is 0.300. The zero-order chi connectivity index (χ0) is 19.7. The smallest absolute Gasteiger partial charge is 0.330 e. The molecule has 27 heavy (non-hydrogen) atoms. The molecule has 7 nitrogen and oxygen atoms in total. The van der Waals surface area contributed by atoms with Crippen molar-refractivity contribution in [2.45, 2.75) is 39.8 Å². The number of hydrogen-bond acceptors (Lipinski definition) is 4. The van der Waals surface area contributed by atoms with Crippen LogP contribution in [-0.2, 0) is 4.79 Å². The van der Waals surface area contributed by atoms with Crippen molar-refractivity contribution < 1.29 is 14.7 Å². The molecular formula is C20H22N4O3. The molecule has 1 amide bonds. The molecule has 0 fully saturated rings. The Hall–Kier alpha value is -3.22. The Bertz CT molecular complexity index is 1020. The lowest BCUT2D eigenvalue weighted by molar-refractivity contribution is -0.139. The summed E-state index contributed by atoms with van der Waals surface area (Å²) in [6, 6.07) is 6.03. The van der Waals surface area contributed by atoms with Gasteiger partial charge in [-0.05, 0) is 50.5 Å². The van der Waals surface area contributed by atoms with E-state index in [1.165, 1.54) is 6.20 Å². The highest BCUT2D eigenvalue weighted by Gasteiger charge is 2.23. The molecule has 0 spiro atoms. The SMILES string of the molecule is Cc1ccc(C(NC(=O)c2cnc3c(cnn3C(C)C)c2)C(=O)O)cc1C. The number of fused-ring (bicyclic) bond motifs is 1. The van der Waals surface area contributed by atoms with Gasteiger partial charge in [0.05, 0.1) is 11.8 Å². The number of carbonyl (C=O) groups is 2. The fourth-order valence-corrected chi connectivity index (χ4v) is 2.89. The third-order valence-electron chi connectivity index (χ3n) is 4.57. The standard InChI is InChI=1S/C20H22N4O3/c1-11(2)24-18-15(10-22-24)8-16(9-21-18)19(25)23-17(20(26)27)14-6-5-12(3)13(4)7-14/h5-11,17H,1-4H3,(H,23,25)(H,26,27). The average Bonchev–Trinajstić information content (AvgIpc) is 3.05. The minimum Gasteiger partial charge on any atom is -0.479 e. The molecule has 0 aliphatic heterocycles. The number of nitrogens with one attached hydrogen (secondary N) is 1. The van der Waals surface area contributed by atoms with Crippen molar-refractivity contribution >= 4 is 22.9 Å². The maximum atomic E-state index is 12.6. The second-order valence-electron chi connectivity index (χ2n) is 6.91. The molecule has 0 bridgehead atoms. The number of carboxylic acid groups (broad SMARTS) is 1. The molecule has 0 aliphatic carbocycles. The normalized spacial score (nSPS) is 12.3. The predicted octanol–water partition coefficient (Wildman–Crippen LogP) is 3.18. The Morgan fingerprint density at radius 3 is 2.48 bits per heavy atom. The lowest BCUT2D eigenvalue weighted by Crippen LogP contribution is -2.33. The number of nitrogens with zero attached hydrogens (tertiary/aromatic N) is 3. The van der Waals surface area contributed by atoms with Gasteiger partial charge in [-0.3, -0.25) is 4.79 Å². The van der Waals surface area contributed by atoms with Gasteiger partial charge < -0.3 is 10.4 Å². The van der Waals surface area contributed by atoms with Gasteiger partial charge in [-0.15, -0.1) is 0 Å². The van der Waals surface area contributed by atoms with Crippen LogP contribution < -0.4 is 5.32 Å². The summed E-state index contributed by atoms with van der Waals surface area (Å²) < 4.78 is 1.77. The monoisotopic (exact) mass is 366 g/mol. The van der Waals surface area contributed by atoms with Crippen molar-refractivity contribution in [2.75, 3.05) is 0 Å². The van der Waals surface area contributed by atoms with E-state index in [1.54, 1.807) is 29.1 Å². The van der Waals surface area contributed by atoms with Crippen LogP contribution in [0, 0.1) is 13.8 Å². The van der Waals surface area contributed by atoms with Crippen molar-refractivity contribution in [3.8, 4) is 0 Å². The minimum atomic E-state index is -1.13. The van der Waals surface area contributed by atoms with Gasteiger partial charge >= 0.3 is 5.97 Å². The Balaban J connectivity index is 1.88. The molecule has 2 aromatic heterocycles. The first-order chi connectivity index (χ1) is 12.8. The van der Waals surface area contributed by atoms with Crippen LogP contribution in [-0.4, -0.2) is 31.7 Å². The summed E-state index contributed by atoms with van der Waals surface area (Å²) in [5.41, 5.74) is 3.54. The summed E-state index contributed by atoms with van der Waals surface area (Å²) in [6.45, 7) is 7.85. The van der Waals surface area contributed by atoms with Crippen LogP contribution in [0.4, 0.5) is 0 Å². The molecule has 3 aromatic rings. The van der Waals surface area contributed by atoms with Crippen molar-refractivity contribution in [2.24, 2.45) is 0 Å². The van der Waals surface area contributed by atoms with E-state index in [-0.39, 0.29) is 6.04 Å². The van der Waals surface area contributed by atoms with Crippen LogP contribution in [0.15, 0.2) is 36.7 Å². The van der Waals surface area contributed by atoms with E-state index in [0.29, 0.717) is 16.8 Å². The van der Waals surface area contributed by atoms with Gasteiger partial charge in [-0.25, -0.2) is 14.5 Å². The van der Waals surface area contributed by atoms with Gasteiger partial charge in [-0.1, -0.05) is 18.2 Å². The predicted molar refractivity (Wildman–Crippen MR) is 102 cm³/mol. The number of aromatic nitrogens is 3. The summed E-state index contributed by atoms with van der Waals surface area (Å²) in [7, 11) is 0. The first kappa shape index (κ1) is 18.6. The topological polar surface area (TPSA) is 97.1 Å². The maximum absolute atomic E-state index is 12.6. The molecule has 0 radical (unpaired) electrons. The van der Waals surface area contributed by atoms with Crippen LogP contribution >= 0.6 is 0 Å². The first-order valence-electron chi connectivity index (χ1n) is 8.72. The number of benzene rings is 1. The quantitative estimate of drug-likeness (QED) is 0.723. The fourth-order valence-electron chi connectivity index (χ4n) is 2.89. The Labute approximate surface area is 157 Å². The van der Waals surface area contributed by atoms with Crippen LogP contribution in [0.25, 0.3) is 11.0 Å². The maximum Gasteiger partial charge on any atom is 0.330 e.